The van der Waals surface area contributed by atoms with E-state index in [-0.39, 0.29) is 35.0 Å². The average molecular weight is 664 g/mol. The topological polar surface area (TPSA) is 182 Å². The summed E-state index contributed by atoms with van der Waals surface area (Å²) in [6.07, 6.45) is 3.35. The first-order valence-corrected chi connectivity index (χ1v) is 15.8. The molecule has 4 aromatic rings. The van der Waals surface area contributed by atoms with E-state index in [4.69, 9.17) is 20.9 Å². The lowest BCUT2D eigenvalue weighted by Crippen LogP contribution is -2.50. The van der Waals surface area contributed by atoms with Gasteiger partial charge in [0, 0.05) is 36.4 Å². The number of nitrogens with zero attached hydrogens (tertiary/aromatic N) is 1. The molecule has 0 aromatic heterocycles. The molecule has 0 saturated heterocycles. The zero-order valence-electron chi connectivity index (χ0n) is 26.9. The van der Waals surface area contributed by atoms with E-state index in [2.05, 4.69) is 4.90 Å². The Morgan fingerprint density at radius 1 is 0.714 bits per heavy atom. The third-order valence-electron chi connectivity index (χ3n) is 8.85. The van der Waals surface area contributed by atoms with Gasteiger partial charge >= 0.3 is 11.9 Å². The van der Waals surface area contributed by atoms with Crippen LogP contribution in [0.15, 0.2) is 97.1 Å². The highest BCUT2D eigenvalue weighted by atomic mass is 16.6. The van der Waals surface area contributed by atoms with Crippen molar-refractivity contribution in [2.45, 2.75) is 38.1 Å². The fraction of sp³-hybridized carbons (Fsp3) is 0.211. The molecular formula is C38H37N3O8. The normalized spacial score (nSPS) is 14.5. The van der Waals surface area contributed by atoms with Gasteiger partial charge < -0.3 is 31.2 Å². The number of carbonyl (C=O) groups excluding carboxylic acids is 4. The smallest absolute Gasteiger partial charge is 0.336 e. The summed E-state index contributed by atoms with van der Waals surface area (Å²) in [7, 11) is 0. The molecule has 0 radical (unpaired) electrons. The quantitative estimate of drug-likeness (QED) is 0.120. The fourth-order valence-electron chi connectivity index (χ4n) is 6.27. The second kappa shape index (κ2) is 14.9. The highest BCUT2D eigenvalue weighted by molar-refractivity contribution is 6.01. The van der Waals surface area contributed by atoms with Crippen molar-refractivity contribution in [2.75, 3.05) is 13.1 Å². The van der Waals surface area contributed by atoms with Crippen molar-refractivity contribution in [2.24, 2.45) is 11.5 Å². The molecule has 6 N–H and O–H groups in total. The van der Waals surface area contributed by atoms with E-state index in [1.807, 2.05) is 31.2 Å². The van der Waals surface area contributed by atoms with Gasteiger partial charge in [0.2, 0.25) is 5.91 Å². The summed E-state index contributed by atoms with van der Waals surface area (Å²) in [5.41, 5.74) is 13.0. The molecule has 0 fully saturated rings. The van der Waals surface area contributed by atoms with Crippen LogP contribution in [0, 0.1) is 0 Å². The Morgan fingerprint density at radius 3 is 1.73 bits per heavy atom. The number of hydrogen-bond acceptors (Lipinski definition) is 9. The Bertz CT molecular complexity index is 1870. The standard InChI is InChI=1S/C38H37N3O8/c1-2-38(23-24-11-13-27(14-12-24)36(39)46,29-16-15-28(37(40)47)34-35(29)49-33(45)18-17-32(44)48-34)41(21-19-25-7-3-5-9-30(25)42)22-20-26-8-4-6-10-31(26)43/h3-18,42-43H,2,19-23H2,1H3,(H2,39,46)(H2,40,47)/b18-17-/t38-/m1/s1. The number of ether oxygens (including phenoxy) is 2. The van der Waals surface area contributed by atoms with E-state index < -0.39 is 29.3 Å². The minimum atomic E-state index is -1.04. The summed E-state index contributed by atoms with van der Waals surface area (Å²) in [4.78, 5) is 52.3. The lowest BCUT2D eigenvalue weighted by molar-refractivity contribution is -0.133. The van der Waals surface area contributed by atoms with Crippen LogP contribution in [0.2, 0.25) is 0 Å². The van der Waals surface area contributed by atoms with Gasteiger partial charge in [0.25, 0.3) is 5.91 Å². The molecule has 1 aliphatic heterocycles. The van der Waals surface area contributed by atoms with Gasteiger partial charge in [-0.1, -0.05) is 61.5 Å². The van der Waals surface area contributed by atoms with Crippen LogP contribution in [-0.2, 0) is 34.4 Å². The zero-order chi connectivity index (χ0) is 35.1. The summed E-state index contributed by atoms with van der Waals surface area (Å²) < 4.78 is 11.4. The third-order valence-corrected chi connectivity index (χ3v) is 8.85. The van der Waals surface area contributed by atoms with E-state index in [1.54, 1.807) is 54.6 Å². The number of phenols is 2. The van der Waals surface area contributed by atoms with Gasteiger partial charge in [-0.25, -0.2) is 9.59 Å². The van der Waals surface area contributed by atoms with Crippen LogP contribution in [0.1, 0.15) is 56.3 Å². The molecule has 5 rings (SSSR count). The Kier molecular flexibility index (Phi) is 10.4. The summed E-state index contributed by atoms with van der Waals surface area (Å²) in [5.74, 6) is -3.36. The molecule has 0 aliphatic carbocycles. The second-order valence-electron chi connectivity index (χ2n) is 11.7. The third kappa shape index (κ3) is 7.63. The number of nitrogens with two attached hydrogens (primary N) is 2. The monoisotopic (exact) mass is 663 g/mol. The van der Waals surface area contributed by atoms with Crippen molar-refractivity contribution in [3.8, 4) is 23.0 Å². The number of esters is 2. The van der Waals surface area contributed by atoms with E-state index in [1.165, 1.54) is 6.07 Å². The van der Waals surface area contributed by atoms with Crippen LogP contribution in [0.5, 0.6) is 23.0 Å². The molecular weight excluding hydrogens is 626 g/mol. The molecule has 49 heavy (non-hydrogen) atoms. The Labute approximate surface area is 283 Å². The predicted molar refractivity (Wildman–Crippen MR) is 181 cm³/mol. The molecule has 1 heterocycles. The van der Waals surface area contributed by atoms with Crippen LogP contribution >= 0.6 is 0 Å². The highest BCUT2D eigenvalue weighted by Crippen LogP contribution is 2.47. The number of fused-ring (bicyclic) bond motifs is 1. The minimum Gasteiger partial charge on any atom is -0.508 e. The molecule has 1 atom stereocenters. The number of aromatic hydroxyl groups is 2. The van der Waals surface area contributed by atoms with Crippen molar-refractivity contribution < 1.29 is 38.9 Å². The van der Waals surface area contributed by atoms with Crippen LogP contribution < -0.4 is 20.9 Å². The maximum Gasteiger partial charge on any atom is 0.336 e. The van der Waals surface area contributed by atoms with Crippen molar-refractivity contribution in [1.82, 2.24) is 4.90 Å². The summed E-state index contributed by atoms with van der Waals surface area (Å²) >= 11 is 0. The molecule has 0 saturated carbocycles. The molecule has 0 spiro atoms. The summed E-state index contributed by atoms with van der Waals surface area (Å²) in [6.45, 7) is 2.70. The molecule has 11 heteroatoms. The molecule has 252 valence electrons. The maximum absolute atomic E-state index is 13.0. The van der Waals surface area contributed by atoms with E-state index in [0.29, 0.717) is 54.6 Å². The first-order valence-electron chi connectivity index (χ1n) is 15.8. The summed E-state index contributed by atoms with van der Waals surface area (Å²) in [6, 6.07) is 23.9. The van der Waals surface area contributed by atoms with Gasteiger partial charge in [0.1, 0.15) is 11.5 Å². The number of hydrogen-bond donors (Lipinski definition) is 4. The minimum absolute atomic E-state index is 0.135. The number of primary amides is 2. The first-order chi connectivity index (χ1) is 23.5. The highest BCUT2D eigenvalue weighted by Gasteiger charge is 2.42. The van der Waals surface area contributed by atoms with E-state index in [0.717, 1.165) is 17.7 Å². The SMILES string of the molecule is CC[C@@](Cc1ccc(C(N)=O)cc1)(c1ccc(C(N)=O)c2c1OC(=O)/C=C\C(=O)O2)N(CCc1ccccc1O)CCc1ccccc1O. The number of phenolic OH excluding ortho intramolecular Hbond substituents is 2. The lowest BCUT2D eigenvalue weighted by Gasteiger charge is -2.45. The summed E-state index contributed by atoms with van der Waals surface area (Å²) in [5, 5.41) is 21.3. The molecule has 2 amide bonds. The van der Waals surface area contributed by atoms with Gasteiger partial charge in [-0.2, -0.15) is 0 Å². The number of rotatable bonds is 13. The number of carbonyl (C=O) groups is 4. The number of benzene rings is 4. The van der Waals surface area contributed by atoms with Crippen molar-refractivity contribution in [3.05, 3.63) is 130 Å². The zero-order valence-corrected chi connectivity index (χ0v) is 26.9. The van der Waals surface area contributed by atoms with Gasteiger partial charge in [-0.3, -0.25) is 14.5 Å². The van der Waals surface area contributed by atoms with E-state index >= 15 is 0 Å². The van der Waals surface area contributed by atoms with Gasteiger partial charge in [0.15, 0.2) is 11.5 Å². The number of amides is 2. The van der Waals surface area contributed by atoms with Gasteiger partial charge in [0.05, 0.1) is 11.1 Å². The molecule has 11 nitrogen and oxygen atoms in total. The number of para-hydroxylation sites is 2. The van der Waals surface area contributed by atoms with Gasteiger partial charge in [-0.05, 0) is 72.7 Å². The largest absolute Gasteiger partial charge is 0.508 e. The van der Waals surface area contributed by atoms with Crippen LogP contribution in [0.25, 0.3) is 0 Å². The molecule has 0 bridgehead atoms. The van der Waals surface area contributed by atoms with Gasteiger partial charge in [-0.15, -0.1) is 0 Å². The second-order valence-corrected chi connectivity index (χ2v) is 11.7. The fourth-order valence-corrected chi connectivity index (χ4v) is 6.27. The van der Waals surface area contributed by atoms with Crippen LogP contribution in [0.3, 0.4) is 0 Å². The molecule has 1 aliphatic rings. The average Bonchev–Trinajstić information content (AvgIpc) is 3.08. The van der Waals surface area contributed by atoms with Crippen molar-refractivity contribution >= 4 is 23.8 Å². The Balaban J connectivity index is 1.74. The van der Waals surface area contributed by atoms with Crippen molar-refractivity contribution in [3.63, 3.8) is 0 Å². The lowest BCUT2D eigenvalue weighted by atomic mass is 9.78. The van der Waals surface area contributed by atoms with Crippen LogP contribution in [-0.4, -0.2) is 52.0 Å². The van der Waals surface area contributed by atoms with E-state index in [9.17, 15) is 29.4 Å². The maximum atomic E-state index is 13.0. The molecule has 4 aromatic carbocycles. The molecule has 0 unspecified atom stereocenters. The Hall–Kier alpha value is -5.94. The predicted octanol–water partition coefficient (Wildman–Crippen LogP) is 4.31. The first kappa shape index (κ1) is 34.4. The Morgan fingerprint density at radius 2 is 1.24 bits per heavy atom. The van der Waals surface area contributed by atoms with Crippen LogP contribution in [0.4, 0.5) is 0 Å². The van der Waals surface area contributed by atoms with Crippen molar-refractivity contribution in [1.29, 1.82) is 0 Å².